The van der Waals surface area contributed by atoms with Crippen LogP contribution in [0, 0.1) is 24.0 Å². The molecule has 2 saturated heterocycles. The van der Waals surface area contributed by atoms with Crippen LogP contribution in [0.2, 0.25) is 0 Å². The maximum atomic E-state index is 14.0. The number of quaternary nitrogens is 1. The molecule has 0 saturated carbocycles. The zero-order chi connectivity index (χ0) is 27.7. The first-order valence-corrected chi connectivity index (χ1v) is 13.1. The van der Waals surface area contributed by atoms with Crippen LogP contribution in [-0.4, -0.2) is 48.0 Å². The Morgan fingerprint density at radius 1 is 0.850 bits per heavy atom. The molecule has 11 heteroatoms. The number of halogens is 1. The summed E-state index contributed by atoms with van der Waals surface area (Å²) in [4.78, 5) is 44.1. The molecule has 0 unspecified atom stereocenters. The number of nitrogens with zero attached hydrogens (tertiary/aromatic N) is 4. The highest BCUT2D eigenvalue weighted by Gasteiger charge is 2.42. The second-order valence-corrected chi connectivity index (χ2v) is 9.91. The number of para-hydroxylation sites is 2. The minimum absolute atomic E-state index is 0. The Bertz CT molecular complexity index is 1470. The topological polar surface area (TPSA) is 104 Å². The average Bonchev–Trinajstić information content (AvgIpc) is 2.93. The van der Waals surface area contributed by atoms with E-state index >= 15 is 0 Å². The fourth-order valence-corrected chi connectivity index (χ4v) is 5.35. The molecule has 2 N–H and O–H groups in total. The molecule has 2 heterocycles. The SMILES string of the molecule is Cc1ccccc1N1C(=O)C(=Cc2cc([N+](=O)[O-])ccc2N2CC[NH2+]CC2)C(=O)N(c2ccccc2C)C1=S.[Cl-]. The van der Waals surface area contributed by atoms with Gasteiger partial charge in [0.15, 0.2) is 5.11 Å². The van der Waals surface area contributed by atoms with Gasteiger partial charge in [0.1, 0.15) is 5.57 Å². The lowest BCUT2D eigenvalue weighted by Gasteiger charge is -2.37. The number of piperazine rings is 1. The first kappa shape index (κ1) is 28.9. The molecule has 40 heavy (non-hydrogen) atoms. The number of hydrogen-bond acceptors (Lipinski definition) is 6. The molecule has 2 aliphatic rings. The summed E-state index contributed by atoms with van der Waals surface area (Å²) in [6, 6.07) is 19.2. The van der Waals surface area contributed by atoms with Crippen LogP contribution in [0.3, 0.4) is 0 Å². The van der Waals surface area contributed by atoms with Gasteiger partial charge < -0.3 is 22.6 Å². The summed E-state index contributed by atoms with van der Waals surface area (Å²) in [5.41, 5.74) is 3.68. The van der Waals surface area contributed by atoms with Crippen molar-refractivity contribution in [2.24, 2.45) is 0 Å². The summed E-state index contributed by atoms with van der Waals surface area (Å²) in [6.45, 7) is 6.97. The monoisotopic (exact) mass is 577 g/mol. The molecular weight excluding hydrogens is 550 g/mol. The fraction of sp³-hybridized carbons (Fsp3) is 0.207. The number of nitro benzene ring substituents is 1. The van der Waals surface area contributed by atoms with Crippen molar-refractivity contribution in [1.29, 1.82) is 0 Å². The van der Waals surface area contributed by atoms with Gasteiger partial charge in [-0.3, -0.25) is 29.5 Å². The molecular formula is C29H28ClN5O4S. The number of non-ortho nitro benzene ring substituents is 1. The largest absolute Gasteiger partial charge is 1.00 e. The summed E-state index contributed by atoms with van der Waals surface area (Å²) in [7, 11) is 0. The van der Waals surface area contributed by atoms with E-state index in [2.05, 4.69) is 10.2 Å². The maximum Gasteiger partial charge on any atom is 0.270 e. The molecule has 5 rings (SSSR count). The molecule has 2 aliphatic heterocycles. The third-order valence-corrected chi connectivity index (χ3v) is 7.40. The van der Waals surface area contributed by atoms with Gasteiger partial charge in [0.25, 0.3) is 17.5 Å². The van der Waals surface area contributed by atoms with Crippen molar-refractivity contribution >= 4 is 58.0 Å². The number of hydrogen-bond donors (Lipinski definition) is 1. The minimum Gasteiger partial charge on any atom is -1.00 e. The third kappa shape index (κ3) is 5.33. The average molecular weight is 578 g/mol. The summed E-state index contributed by atoms with van der Waals surface area (Å²) >= 11 is 5.77. The fourth-order valence-electron chi connectivity index (χ4n) is 4.99. The van der Waals surface area contributed by atoms with Crippen LogP contribution in [0.1, 0.15) is 16.7 Å². The molecule has 0 radical (unpaired) electrons. The Labute approximate surface area is 243 Å². The number of carbonyl (C=O) groups excluding carboxylic acids is 2. The van der Waals surface area contributed by atoms with E-state index < -0.39 is 16.7 Å². The van der Waals surface area contributed by atoms with Gasteiger partial charge in [-0.25, -0.2) is 0 Å². The molecule has 0 atom stereocenters. The lowest BCUT2D eigenvalue weighted by Crippen LogP contribution is -3.00. The number of carbonyl (C=O) groups is 2. The predicted octanol–water partition coefficient (Wildman–Crippen LogP) is 0.347. The van der Waals surface area contributed by atoms with Crippen LogP contribution in [0.15, 0.2) is 72.3 Å². The van der Waals surface area contributed by atoms with Crippen molar-refractivity contribution in [2.75, 3.05) is 40.9 Å². The normalized spacial score (nSPS) is 15.7. The van der Waals surface area contributed by atoms with Crippen molar-refractivity contribution in [3.63, 3.8) is 0 Å². The summed E-state index contributed by atoms with van der Waals surface area (Å²) in [6.07, 6.45) is 1.48. The Kier molecular flexibility index (Phi) is 8.63. The highest BCUT2D eigenvalue weighted by Crippen LogP contribution is 2.34. The summed E-state index contributed by atoms with van der Waals surface area (Å²) in [5, 5.41) is 13.9. The highest BCUT2D eigenvalue weighted by atomic mass is 35.5. The number of benzene rings is 3. The van der Waals surface area contributed by atoms with Crippen molar-refractivity contribution in [2.45, 2.75) is 13.8 Å². The van der Waals surface area contributed by atoms with Crippen molar-refractivity contribution < 1.29 is 32.2 Å². The first-order chi connectivity index (χ1) is 18.8. The van der Waals surface area contributed by atoms with Crippen molar-refractivity contribution in [1.82, 2.24) is 0 Å². The molecule has 206 valence electrons. The Balaban J connectivity index is 0.00000370. The molecule has 9 nitrogen and oxygen atoms in total. The number of anilines is 3. The van der Waals surface area contributed by atoms with Gasteiger partial charge in [0.05, 0.1) is 42.5 Å². The highest BCUT2D eigenvalue weighted by molar-refractivity contribution is 7.81. The van der Waals surface area contributed by atoms with E-state index in [4.69, 9.17) is 12.2 Å². The number of nitrogens with two attached hydrogens (primary N) is 1. The van der Waals surface area contributed by atoms with E-state index in [9.17, 15) is 19.7 Å². The van der Waals surface area contributed by atoms with E-state index in [0.717, 1.165) is 43.0 Å². The first-order valence-electron chi connectivity index (χ1n) is 12.7. The Hall–Kier alpha value is -4.12. The van der Waals surface area contributed by atoms with Gasteiger partial charge in [-0.2, -0.15) is 0 Å². The van der Waals surface area contributed by atoms with E-state index in [1.807, 2.05) is 50.2 Å². The lowest BCUT2D eigenvalue weighted by molar-refractivity contribution is -0.655. The number of rotatable bonds is 5. The van der Waals surface area contributed by atoms with Crippen LogP contribution < -0.4 is 32.4 Å². The molecule has 2 fully saturated rings. The van der Waals surface area contributed by atoms with Gasteiger partial charge in [0, 0.05) is 23.4 Å². The van der Waals surface area contributed by atoms with E-state index in [1.165, 1.54) is 28.0 Å². The number of nitro groups is 1. The second kappa shape index (κ2) is 12.0. The van der Waals surface area contributed by atoms with Crippen LogP contribution >= 0.6 is 12.2 Å². The van der Waals surface area contributed by atoms with Crippen LogP contribution in [0.5, 0.6) is 0 Å². The minimum atomic E-state index is -0.575. The van der Waals surface area contributed by atoms with Gasteiger partial charge in [0.2, 0.25) is 0 Å². The molecule has 0 aliphatic carbocycles. The van der Waals surface area contributed by atoms with E-state index in [0.29, 0.717) is 16.9 Å². The van der Waals surface area contributed by atoms with Gasteiger partial charge >= 0.3 is 0 Å². The zero-order valence-electron chi connectivity index (χ0n) is 22.0. The summed E-state index contributed by atoms with van der Waals surface area (Å²) in [5.74, 6) is -1.15. The smallest absolute Gasteiger partial charge is 0.270 e. The third-order valence-electron chi connectivity index (χ3n) is 7.03. The number of amides is 2. The predicted molar refractivity (Wildman–Crippen MR) is 155 cm³/mol. The number of aryl methyl sites for hydroxylation is 2. The molecule has 0 spiro atoms. The molecule has 3 aromatic carbocycles. The molecule has 0 bridgehead atoms. The molecule has 3 aromatic rings. The standard InChI is InChI=1S/C29H27N5O4S.ClH/c1-19-7-3-5-9-24(19)32-27(35)23(28(36)33(29(32)39)25-10-6-4-8-20(25)2)18-21-17-22(34(37)38)11-12-26(21)31-15-13-30-14-16-31;/h3-12,17-18,30H,13-16H2,1-2H3;1H. The summed E-state index contributed by atoms with van der Waals surface area (Å²) < 4.78 is 0. The Morgan fingerprint density at radius 2 is 1.38 bits per heavy atom. The van der Waals surface area contributed by atoms with Gasteiger partial charge in [-0.1, -0.05) is 36.4 Å². The maximum absolute atomic E-state index is 14.0. The van der Waals surface area contributed by atoms with Crippen molar-refractivity contribution in [3.05, 3.63) is 99.1 Å². The van der Waals surface area contributed by atoms with Crippen LogP contribution in [0.25, 0.3) is 6.08 Å². The van der Waals surface area contributed by atoms with Crippen LogP contribution in [0.4, 0.5) is 22.7 Å². The zero-order valence-corrected chi connectivity index (χ0v) is 23.6. The van der Waals surface area contributed by atoms with Crippen LogP contribution in [-0.2, 0) is 9.59 Å². The lowest BCUT2D eigenvalue weighted by atomic mass is 10.0. The van der Waals surface area contributed by atoms with E-state index in [1.54, 1.807) is 18.2 Å². The Morgan fingerprint density at radius 3 is 1.88 bits per heavy atom. The molecule has 2 amide bonds. The molecule has 0 aromatic heterocycles. The van der Waals surface area contributed by atoms with Gasteiger partial charge in [-0.05, 0) is 61.5 Å². The van der Waals surface area contributed by atoms with Crippen molar-refractivity contribution in [3.8, 4) is 0 Å². The second-order valence-electron chi connectivity index (χ2n) is 9.55. The quantitative estimate of drug-likeness (QED) is 0.154. The number of thiocarbonyl (C=S) groups is 1. The van der Waals surface area contributed by atoms with E-state index in [-0.39, 0.29) is 28.8 Å². The van der Waals surface area contributed by atoms with Gasteiger partial charge in [-0.15, -0.1) is 0 Å².